The van der Waals surface area contributed by atoms with Gasteiger partial charge in [-0.05, 0) is 32.1 Å². The summed E-state index contributed by atoms with van der Waals surface area (Å²) in [6, 6.07) is 0. The second-order valence-electron chi connectivity index (χ2n) is 7.67. The summed E-state index contributed by atoms with van der Waals surface area (Å²) in [5, 5.41) is 10.8. The van der Waals surface area contributed by atoms with Crippen LogP contribution in [0.25, 0.3) is 0 Å². The number of ether oxygens (including phenoxy) is 1. The molecule has 1 aromatic rings. The van der Waals surface area contributed by atoms with Crippen LogP contribution in [0.2, 0.25) is 0 Å². The molecule has 2 heterocycles. The minimum Gasteiger partial charge on any atom is -0.377 e. The molecule has 6 heteroatoms. The first-order valence-electron chi connectivity index (χ1n) is 8.80. The Labute approximate surface area is 145 Å². The van der Waals surface area contributed by atoms with Crippen molar-refractivity contribution >= 4 is 5.96 Å². The third-order valence-corrected chi connectivity index (χ3v) is 4.67. The fourth-order valence-electron chi connectivity index (χ4n) is 3.38. The summed E-state index contributed by atoms with van der Waals surface area (Å²) in [6.45, 7) is 13.0. The molecule has 0 spiro atoms. The van der Waals surface area contributed by atoms with E-state index in [1.165, 1.54) is 6.42 Å². The van der Waals surface area contributed by atoms with E-state index in [1.807, 2.05) is 13.8 Å². The van der Waals surface area contributed by atoms with Crippen LogP contribution >= 0.6 is 0 Å². The van der Waals surface area contributed by atoms with E-state index in [-0.39, 0.29) is 11.5 Å². The molecule has 2 N–H and O–H groups in total. The smallest absolute Gasteiger partial charge is 0.191 e. The van der Waals surface area contributed by atoms with Gasteiger partial charge in [-0.25, -0.2) is 0 Å². The highest BCUT2D eigenvalue weighted by Gasteiger charge is 2.35. The maximum absolute atomic E-state index is 6.05. The average molecular weight is 336 g/mol. The van der Waals surface area contributed by atoms with Crippen molar-refractivity contribution in [1.29, 1.82) is 0 Å². The lowest BCUT2D eigenvalue weighted by Crippen LogP contribution is -2.47. The highest BCUT2D eigenvalue weighted by Crippen LogP contribution is 2.33. The van der Waals surface area contributed by atoms with Gasteiger partial charge >= 0.3 is 0 Å². The predicted octanol–water partition coefficient (Wildman–Crippen LogP) is 2.80. The zero-order valence-electron chi connectivity index (χ0n) is 15.9. The number of aryl methyl sites for hydroxylation is 2. The Balaban J connectivity index is 1.89. The largest absolute Gasteiger partial charge is 0.377 e. The first kappa shape index (κ1) is 18.8. The minimum absolute atomic E-state index is 0.153. The number of nitrogens with one attached hydrogen (secondary N) is 2. The first-order valence-corrected chi connectivity index (χ1v) is 8.80. The molecule has 2 unspecified atom stereocenters. The molecule has 2 rings (SSSR count). The molecule has 1 saturated heterocycles. The van der Waals surface area contributed by atoms with Gasteiger partial charge in [0.1, 0.15) is 5.76 Å². The monoisotopic (exact) mass is 336 g/mol. The molecular formula is C18H32N4O2. The summed E-state index contributed by atoms with van der Waals surface area (Å²) in [4.78, 5) is 4.32. The van der Waals surface area contributed by atoms with Crippen LogP contribution in [0.4, 0.5) is 0 Å². The number of aromatic nitrogens is 1. The van der Waals surface area contributed by atoms with E-state index in [0.717, 1.165) is 42.5 Å². The second kappa shape index (κ2) is 8.01. The molecule has 0 amide bonds. The average Bonchev–Trinajstić information content (AvgIpc) is 2.86. The van der Waals surface area contributed by atoms with E-state index in [1.54, 1.807) is 7.05 Å². The van der Waals surface area contributed by atoms with Crippen LogP contribution in [-0.4, -0.2) is 37.4 Å². The Bertz CT molecular complexity index is 540. The van der Waals surface area contributed by atoms with Crippen molar-refractivity contribution < 1.29 is 9.26 Å². The van der Waals surface area contributed by atoms with Crippen LogP contribution in [0, 0.1) is 25.2 Å². The van der Waals surface area contributed by atoms with Crippen molar-refractivity contribution in [3.05, 3.63) is 17.0 Å². The summed E-state index contributed by atoms with van der Waals surface area (Å²) in [5.74, 6) is 2.15. The highest BCUT2D eigenvalue weighted by molar-refractivity contribution is 5.79. The molecular weight excluding hydrogens is 304 g/mol. The Kier molecular flexibility index (Phi) is 6.27. The standard InChI is InChI=1S/C18H32N4O2/c1-12-15(13(2)24-22-12)11-21-17(19-6)20-10-14-8-7-9-23-16(14)18(3,4)5/h14,16H,7-11H2,1-6H3,(H2,19,20,21). The van der Waals surface area contributed by atoms with Gasteiger partial charge in [0.05, 0.1) is 11.8 Å². The minimum atomic E-state index is 0.153. The molecule has 1 aliphatic heterocycles. The predicted molar refractivity (Wildman–Crippen MR) is 96.1 cm³/mol. The number of hydrogen-bond donors (Lipinski definition) is 2. The molecule has 0 aromatic carbocycles. The molecule has 0 radical (unpaired) electrons. The van der Waals surface area contributed by atoms with Crippen molar-refractivity contribution in [3.63, 3.8) is 0 Å². The summed E-state index contributed by atoms with van der Waals surface area (Å²) in [7, 11) is 1.79. The van der Waals surface area contributed by atoms with E-state index in [2.05, 4.69) is 41.6 Å². The molecule has 0 saturated carbocycles. The van der Waals surface area contributed by atoms with Crippen LogP contribution in [0.1, 0.15) is 50.6 Å². The van der Waals surface area contributed by atoms with Gasteiger partial charge in [-0.3, -0.25) is 4.99 Å². The molecule has 2 atom stereocenters. The van der Waals surface area contributed by atoms with Crippen LogP contribution in [-0.2, 0) is 11.3 Å². The van der Waals surface area contributed by atoms with E-state index >= 15 is 0 Å². The lowest BCUT2D eigenvalue weighted by molar-refractivity contribution is -0.0835. The van der Waals surface area contributed by atoms with Crippen molar-refractivity contribution in [2.75, 3.05) is 20.2 Å². The summed E-state index contributed by atoms with van der Waals surface area (Å²) in [5.41, 5.74) is 2.16. The van der Waals surface area contributed by atoms with Crippen LogP contribution in [0.15, 0.2) is 9.52 Å². The number of nitrogens with zero attached hydrogens (tertiary/aromatic N) is 2. The van der Waals surface area contributed by atoms with Gasteiger partial charge in [-0.2, -0.15) is 0 Å². The molecule has 24 heavy (non-hydrogen) atoms. The van der Waals surface area contributed by atoms with Crippen molar-refractivity contribution in [2.24, 2.45) is 16.3 Å². The SMILES string of the molecule is CN=C(NCc1c(C)noc1C)NCC1CCCOC1C(C)(C)C. The molecule has 0 bridgehead atoms. The topological polar surface area (TPSA) is 71.7 Å². The third kappa shape index (κ3) is 4.72. The second-order valence-corrected chi connectivity index (χ2v) is 7.67. The van der Waals surface area contributed by atoms with E-state index < -0.39 is 0 Å². The van der Waals surface area contributed by atoms with Crippen molar-refractivity contribution in [3.8, 4) is 0 Å². The zero-order valence-corrected chi connectivity index (χ0v) is 15.9. The molecule has 0 aliphatic carbocycles. The van der Waals surface area contributed by atoms with Gasteiger partial charge in [-0.15, -0.1) is 0 Å². The lowest BCUT2D eigenvalue weighted by Gasteiger charge is -2.40. The first-order chi connectivity index (χ1) is 11.3. The van der Waals surface area contributed by atoms with Crippen molar-refractivity contribution in [1.82, 2.24) is 15.8 Å². The van der Waals surface area contributed by atoms with Crippen LogP contribution in [0.5, 0.6) is 0 Å². The molecule has 1 aliphatic rings. The summed E-state index contributed by atoms with van der Waals surface area (Å²) < 4.78 is 11.3. The van der Waals surface area contributed by atoms with Gasteiger partial charge in [-0.1, -0.05) is 25.9 Å². The number of guanidine groups is 1. The maximum Gasteiger partial charge on any atom is 0.191 e. The Morgan fingerprint density at radius 2 is 2.04 bits per heavy atom. The Morgan fingerprint density at radius 3 is 2.62 bits per heavy atom. The van der Waals surface area contributed by atoms with Gasteiger partial charge in [0.25, 0.3) is 0 Å². The number of aliphatic imine (C=N–C) groups is 1. The van der Waals surface area contributed by atoms with E-state index in [9.17, 15) is 0 Å². The highest BCUT2D eigenvalue weighted by atomic mass is 16.5. The number of rotatable bonds is 4. The van der Waals surface area contributed by atoms with Gasteiger partial charge in [0.2, 0.25) is 0 Å². The lowest BCUT2D eigenvalue weighted by atomic mass is 9.78. The van der Waals surface area contributed by atoms with Crippen molar-refractivity contribution in [2.45, 2.75) is 60.1 Å². The zero-order chi connectivity index (χ0) is 17.7. The maximum atomic E-state index is 6.05. The number of hydrogen-bond acceptors (Lipinski definition) is 4. The summed E-state index contributed by atoms with van der Waals surface area (Å²) in [6.07, 6.45) is 2.60. The fraction of sp³-hybridized carbons (Fsp3) is 0.778. The molecule has 136 valence electrons. The summed E-state index contributed by atoms with van der Waals surface area (Å²) >= 11 is 0. The molecule has 6 nitrogen and oxygen atoms in total. The third-order valence-electron chi connectivity index (χ3n) is 4.67. The Hall–Kier alpha value is -1.56. The Morgan fingerprint density at radius 1 is 1.29 bits per heavy atom. The van der Waals surface area contributed by atoms with E-state index in [0.29, 0.717) is 12.5 Å². The fourth-order valence-corrected chi connectivity index (χ4v) is 3.38. The van der Waals surface area contributed by atoms with Gasteiger partial charge < -0.3 is 19.9 Å². The molecule has 1 aromatic heterocycles. The van der Waals surface area contributed by atoms with E-state index in [4.69, 9.17) is 9.26 Å². The normalized spacial score (nSPS) is 22.5. The van der Waals surface area contributed by atoms with Crippen LogP contribution < -0.4 is 10.6 Å². The van der Waals surface area contributed by atoms with Gasteiger partial charge in [0, 0.05) is 38.2 Å². The quantitative estimate of drug-likeness (QED) is 0.653. The van der Waals surface area contributed by atoms with Crippen LogP contribution in [0.3, 0.4) is 0 Å². The van der Waals surface area contributed by atoms with Gasteiger partial charge in [0.15, 0.2) is 5.96 Å². The molecule has 1 fully saturated rings.